The fraction of sp³-hybridized carbons (Fsp3) is 0.0204. The van der Waals surface area contributed by atoms with E-state index in [1.807, 2.05) is 6.07 Å². The summed E-state index contributed by atoms with van der Waals surface area (Å²) in [6, 6.07) is 69.3. The zero-order valence-electron chi connectivity index (χ0n) is 28.4. The third-order valence-electron chi connectivity index (χ3n) is 10.3. The first kappa shape index (κ1) is 30.0. The van der Waals surface area contributed by atoms with Gasteiger partial charge in [0.05, 0.1) is 5.69 Å². The SMILES string of the molecule is c1ccc(C2Nc3c(c4cc(-c5ccc(N(c6ccccc6)c6ccc(-c7ccc8ccccc8c7)cc6)cc5)ccc4c4ccccc34)O2)cc1. The van der Waals surface area contributed by atoms with Gasteiger partial charge in [-0.15, -0.1) is 0 Å². The largest absolute Gasteiger partial charge is 0.464 e. The van der Waals surface area contributed by atoms with E-state index in [-0.39, 0.29) is 6.23 Å². The fourth-order valence-corrected chi connectivity index (χ4v) is 7.66. The summed E-state index contributed by atoms with van der Waals surface area (Å²) < 4.78 is 6.69. The second-order valence-corrected chi connectivity index (χ2v) is 13.4. The van der Waals surface area contributed by atoms with Gasteiger partial charge in [0.15, 0.2) is 12.0 Å². The maximum atomic E-state index is 6.69. The van der Waals surface area contributed by atoms with Crippen LogP contribution in [0.5, 0.6) is 5.75 Å². The summed E-state index contributed by atoms with van der Waals surface area (Å²) in [4.78, 5) is 2.32. The van der Waals surface area contributed by atoms with E-state index in [0.29, 0.717) is 0 Å². The Kier molecular flexibility index (Phi) is 7.21. The van der Waals surface area contributed by atoms with Crippen LogP contribution < -0.4 is 15.0 Å². The van der Waals surface area contributed by atoms with Crippen molar-refractivity contribution < 1.29 is 4.74 Å². The van der Waals surface area contributed by atoms with Crippen LogP contribution in [0.25, 0.3) is 54.6 Å². The number of hydrogen-bond donors (Lipinski definition) is 1. The Morgan fingerprint density at radius 1 is 0.385 bits per heavy atom. The molecule has 0 spiro atoms. The quantitative estimate of drug-likeness (QED) is 0.179. The molecule has 9 aromatic carbocycles. The minimum atomic E-state index is -0.237. The highest BCUT2D eigenvalue weighted by Gasteiger charge is 2.28. The molecule has 0 bridgehead atoms. The molecule has 1 unspecified atom stereocenters. The van der Waals surface area contributed by atoms with E-state index < -0.39 is 0 Å². The fourth-order valence-electron chi connectivity index (χ4n) is 7.66. The van der Waals surface area contributed by atoms with Gasteiger partial charge in [0, 0.05) is 33.4 Å². The highest BCUT2D eigenvalue weighted by molar-refractivity contribution is 6.18. The second kappa shape index (κ2) is 12.5. The zero-order valence-corrected chi connectivity index (χ0v) is 28.4. The predicted octanol–water partition coefficient (Wildman–Crippen LogP) is 13.5. The molecule has 1 aliphatic rings. The number of hydrogen-bond acceptors (Lipinski definition) is 3. The van der Waals surface area contributed by atoms with Crippen molar-refractivity contribution in [2.75, 3.05) is 10.2 Å². The van der Waals surface area contributed by atoms with Gasteiger partial charge in [-0.3, -0.25) is 0 Å². The second-order valence-electron chi connectivity index (χ2n) is 13.4. The minimum Gasteiger partial charge on any atom is -0.464 e. The van der Waals surface area contributed by atoms with E-state index in [9.17, 15) is 0 Å². The maximum absolute atomic E-state index is 6.69. The van der Waals surface area contributed by atoms with Gasteiger partial charge in [-0.05, 0) is 92.3 Å². The average Bonchev–Trinajstić information content (AvgIpc) is 3.68. The summed E-state index contributed by atoms with van der Waals surface area (Å²) in [6.45, 7) is 0. The molecule has 3 nitrogen and oxygen atoms in total. The molecule has 0 amide bonds. The van der Waals surface area contributed by atoms with Crippen LogP contribution >= 0.6 is 0 Å². The number of nitrogens with zero attached hydrogens (tertiary/aromatic N) is 1. The smallest absolute Gasteiger partial charge is 0.196 e. The van der Waals surface area contributed by atoms with Crippen LogP contribution in [0.4, 0.5) is 22.7 Å². The molecule has 3 heteroatoms. The molecule has 1 N–H and O–H groups in total. The number of rotatable bonds is 6. The van der Waals surface area contributed by atoms with Crippen molar-refractivity contribution in [2.24, 2.45) is 0 Å². The number of para-hydroxylation sites is 1. The molecule has 0 radical (unpaired) electrons. The lowest BCUT2D eigenvalue weighted by Gasteiger charge is -2.26. The van der Waals surface area contributed by atoms with E-state index in [0.717, 1.165) is 50.6 Å². The van der Waals surface area contributed by atoms with Crippen molar-refractivity contribution in [1.29, 1.82) is 0 Å². The molecular weight excluding hydrogens is 633 g/mol. The Morgan fingerprint density at radius 2 is 0.904 bits per heavy atom. The lowest BCUT2D eigenvalue weighted by Crippen LogP contribution is -2.09. The first-order chi connectivity index (χ1) is 25.8. The Bertz CT molecular complexity index is 2720. The molecule has 0 fully saturated rings. The van der Waals surface area contributed by atoms with Crippen molar-refractivity contribution in [3.63, 3.8) is 0 Å². The molecule has 10 rings (SSSR count). The monoisotopic (exact) mass is 666 g/mol. The van der Waals surface area contributed by atoms with Gasteiger partial charge in [0.1, 0.15) is 0 Å². The Hall–Kier alpha value is -6.84. The molecule has 0 aliphatic carbocycles. The van der Waals surface area contributed by atoms with Crippen LogP contribution in [0, 0.1) is 0 Å². The Morgan fingerprint density at radius 3 is 1.62 bits per heavy atom. The van der Waals surface area contributed by atoms with Crippen LogP contribution in [0.2, 0.25) is 0 Å². The minimum absolute atomic E-state index is 0.237. The van der Waals surface area contributed by atoms with Gasteiger partial charge >= 0.3 is 0 Å². The van der Waals surface area contributed by atoms with E-state index >= 15 is 0 Å². The highest BCUT2D eigenvalue weighted by Crippen LogP contribution is 2.49. The topological polar surface area (TPSA) is 24.5 Å². The molecule has 52 heavy (non-hydrogen) atoms. The van der Waals surface area contributed by atoms with Crippen LogP contribution in [0.15, 0.2) is 194 Å². The Labute approximate surface area is 303 Å². The third kappa shape index (κ3) is 5.23. The van der Waals surface area contributed by atoms with Crippen molar-refractivity contribution in [1.82, 2.24) is 0 Å². The lowest BCUT2D eigenvalue weighted by atomic mass is 9.95. The molecule has 9 aromatic rings. The van der Waals surface area contributed by atoms with E-state index in [2.05, 4.69) is 198 Å². The summed E-state index contributed by atoms with van der Waals surface area (Å²) in [5, 5.41) is 10.9. The van der Waals surface area contributed by atoms with Crippen LogP contribution in [0.1, 0.15) is 11.8 Å². The van der Waals surface area contributed by atoms with E-state index in [4.69, 9.17) is 4.74 Å². The summed E-state index contributed by atoms with van der Waals surface area (Å²) >= 11 is 0. The number of fused-ring (bicyclic) bond motifs is 7. The van der Waals surface area contributed by atoms with Crippen LogP contribution in [-0.4, -0.2) is 0 Å². The number of anilines is 4. The normalized spacial score (nSPS) is 13.5. The highest BCUT2D eigenvalue weighted by atomic mass is 16.5. The molecule has 246 valence electrons. The van der Waals surface area contributed by atoms with Crippen molar-refractivity contribution in [2.45, 2.75) is 6.23 Å². The van der Waals surface area contributed by atoms with Crippen LogP contribution in [-0.2, 0) is 0 Å². The summed E-state index contributed by atoms with van der Waals surface area (Å²) in [7, 11) is 0. The van der Waals surface area contributed by atoms with Gasteiger partial charge in [0.25, 0.3) is 0 Å². The van der Waals surface area contributed by atoms with Gasteiger partial charge < -0.3 is 15.0 Å². The lowest BCUT2D eigenvalue weighted by molar-refractivity contribution is 0.262. The van der Waals surface area contributed by atoms with Crippen molar-refractivity contribution in [3.05, 3.63) is 200 Å². The summed E-state index contributed by atoms with van der Waals surface area (Å²) in [5.74, 6) is 0.906. The molecule has 1 heterocycles. The number of benzene rings is 9. The van der Waals surface area contributed by atoms with Gasteiger partial charge in [0.2, 0.25) is 0 Å². The molecule has 0 saturated heterocycles. The van der Waals surface area contributed by atoms with Crippen LogP contribution in [0.3, 0.4) is 0 Å². The third-order valence-corrected chi connectivity index (χ3v) is 10.3. The van der Waals surface area contributed by atoms with Gasteiger partial charge in [-0.2, -0.15) is 0 Å². The number of ether oxygens (including phenoxy) is 1. The summed E-state index contributed by atoms with van der Waals surface area (Å²) in [6.07, 6.45) is -0.237. The van der Waals surface area contributed by atoms with Gasteiger partial charge in [-0.1, -0.05) is 146 Å². The molecule has 0 saturated carbocycles. The maximum Gasteiger partial charge on any atom is 0.196 e. The molecule has 0 aromatic heterocycles. The Balaban J connectivity index is 1.01. The standard InChI is InChI=1S/C49H34N2O/c1-3-12-36(13-4-1)49-50-47-45-18-10-9-17-43(45)44-30-25-39(32-46(44)48(47)52-49)35-23-28-42(29-24-35)51(40-15-5-2-6-16-40)41-26-21-34(22-27-41)38-20-19-33-11-7-8-14-37(33)31-38/h1-32,49-50H. The average molecular weight is 667 g/mol. The molecule has 1 atom stereocenters. The molecular formula is C49H34N2O. The number of nitrogens with one attached hydrogen (secondary N) is 1. The van der Waals surface area contributed by atoms with Crippen molar-refractivity contribution >= 4 is 55.1 Å². The van der Waals surface area contributed by atoms with Gasteiger partial charge in [-0.25, -0.2) is 0 Å². The van der Waals surface area contributed by atoms with E-state index in [1.54, 1.807) is 0 Å². The first-order valence-corrected chi connectivity index (χ1v) is 17.8. The predicted molar refractivity (Wildman–Crippen MR) is 218 cm³/mol. The first-order valence-electron chi connectivity index (χ1n) is 17.8. The zero-order chi connectivity index (χ0) is 34.4. The van der Waals surface area contributed by atoms with Crippen molar-refractivity contribution in [3.8, 4) is 28.0 Å². The summed E-state index contributed by atoms with van der Waals surface area (Å²) in [5.41, 5.74) is 10.2. The molecule has 1 aliphatic heterocycles. The van der Waals surface area contributed by atoms with E-state index in [1.165, 1.54) is 38.1 Å².